The number of hydrogen-bond acceptors (Lipinski definition) is 6. The number of para-hydroxylation sites is 1. The molecule has 1 aromatic carbocycles. The van der Waals surface area contributed by atoms with Crippen molar-refractivity contribution in [1.29, 1.82) is 0 Å². The Bertz CT molecular complexity index is 759. The van der Waals surface area contributed by atoms with Gasteiger partial charge in [0.1, 0.15) is 10.6 Å². The molecule has 6 nitrogen and oxygen atoms in total. The fraction of sp³-hybridized carbons (Fsp3) is 0.412. The van der Waals surface area contributed by atoms with E-state index in [1.54, 1.807) is 31.1 Å². The highest BCUT2D eigenvalue weighted by molar-refractivity contribution is 7.07. The first-order valence-corrected chi connectivity index (χ1v) is 8.64. The number of amides is 1. The molecule has 1 atom stereocenters. The lowest BCUT2D eigenvalue weighted by molar-refractivity contribution is 0.0639. The van der Waals surface area contributed by atoms with Crippen LogP contribution in [0.2, 0.25) is 0 Å². The summed E-state index contributed by atoms with van der Waals surface area (Å²) in [4.78, 5) is 27.8. The first-order chi connectivity index (χ1) is 11.6. The summed E-state index contributed by atoms with van der Waals surface area (Å²) in [7, 11) is 1.56. The fourth-order valence-electron chi connectivity index (χ4n) is 3.02. The number of likely N-dealkylation sites (tertiary alicyclic amines) is 1. The van der Waals surface area contributed by atoms with Gasteiger partial charge in [-0.25, -0.2) is 0 Å². The van der Waals surface area contributed by atoms with Crippen LogP contribution in [0.4, 0.5) is 0 Å². The fourth-order valence-corrected chi connectivity index (χ4v) is 3.64. The van der Waals surface area contributed by atoms with Gasteiger partial charge in [0.15, 0.2) is 5.78 Å². The quantitative estimate of drug-likeness (QED) is 0.797. The van der Waals surface area contributed by atoms with Gasteiger partial charge < -0.3 is 9.64 Å². The number of hydrogen-bond donors (Lipinski definition) is 0. The maximum absolute atomic E-state index is 12.9. The van der Waals surface area contributed by atoms with Gasteiger partial charge in [0.2, 0.25) is 0 Å². The van der Waals surface area contributed by atoms with E-state index in [2.05, 4.69) is 9.59 Å². The van der Waals surface area contributed by atoms with Crippen LogP contribution in [-0.4, -0.2) is 46.4 Å². The van der Waals surface area contributed by atoms with E-state index >= 15 is 0 Å². The summed E-state index contributed by atoms with van der Waals surface area (Å²) in [6, 6.07) is 7.23. The molecule has 24 heavy (non-hydrogen) atoms. The zero-order valence-corrected chi connectivity index (χ0v) is 14.5. The topological polar surface area (TPSA) is 72.4 Å². The Labute approximate surface area is 144 Å². The standard InChI is InChI=1S/C17H19N3O3S/c1-11-16(24-19-18-11)17(22)20-9-5-6-12(10-20)15(21)13-7-3-4-8-14(13)23-2/h3-4,7-8,12H,5-6,9-10H2,1-2H3/t12-/m1/s1. The number of aromatic nitrogens is 2. The number of carbonyl (C=O) groups excluding carboxylic acids is 2. The van der Waals surface area contributed by atoms with Crippen molar-refractivity contribution in [3.63, 3.8) is 0 Å². The van der Waals surface area contributed by atoms with E-state index in [1.807, 2.05) is 12.1 Å². The first kappa shape index (κ1) is 16.6. The molecule has 1 aliphatic heterocycles. The Hall–Kier alpha value is -2.28. The van der Waals surface area contributed by atoms with Crippen LogP contribution in [0, 0.1) is 12.8 Å². The third kappa shape index (κ3) is 3.17. The molecule has 126 valence electrons. The summed E-state index contributed by atoms with van der Waals surface area (Å²) in [6.07, 6.45) is 1.59. The molecule has 1 aliphatic rings. The van der Waals surface area contributed by atoms with Crippen LogP contribution in [0.3, 0.4) is 0 Å². The third-order valence-electron chi connectivity index (χ3n) is 4.30. The van der Waals surface area contributed by atoms with Crippen molar-refractivity contribution < 1.29 is 14.3 Å². The Morgan fingerprint density at radius 1 is 1.33 bits per heavy atom. The molecule has 0 bridgehead atoms. The van der Waals surface area contributed by atoms with Crippen molar-refractivity contribution >= 4 is 23.2 Å². The molecule has 1 saturated heterocycles. The van der Waals surface area contributed by atoms with E-state index in [0.717, 1.165) is 24.4 Å². The molecule has 2 heterocycles. The molecule has 0 saturated carbocycles. The van der Waals surface area contributed by atoms with Crippen LogP contribution >= 0.6 is 11.5 Å². The van der Waals surface area contributed by atoms with Crippen molar-refractivity contribution in [3.05, 3.63) is 40.4 Å². The van der Waals surface area contributed by atoms with Crippen molar-refractivity contribution in [2.45, 2.75) is 19.8 Å². The van der Waals surface area contributed by atoms with E-state index < -0.39 is 0 Å². The maximum Gasteiger partial charge on any atom is 0.267 e. The summed E-state index contributed by atoms with van der Waals surface area (Å²) >= 11 is 1.11. The van der Waals surface area contributed by atoms with E-state index in [4.69, 9.17) is 4.74 Å². The minimum absolute atomic E-state index is 0.0316. The van der Waals surface area contributed by atoms with Gasteiger partial charge in [0.25, 0.3) is 5.91 Å². The Balaban J connectivity index is 1.77. The first-order valence-electron chi connectivity index (χ1n) is 7.87. The number of piperidine rings is 1. The summed E-state index contributed by atoms with van der Waals surface area (Å²) in [5, 5.41) is 3.89. The molecule has 7 heteroatoms. The van der Waals surface area contributed by atoms with Gasteiger partial charge in [0, 0.05) is 19.0 Å². The number of rotatable bonds is 4. The van der Waals surface area contributed by atoms with Crippen molar-refractivity contribution in [3.8, 4) is 5.75 Å². The second-order valence-corrected chi connectivity index (χ2v) is 6.60. The average Bonchev–Trinajstić information content (AvgIpc) is 3.06. The lowest BCUT2D eigenvalue weighted by atomic mass is 9.89. The second-order valence-electron chi connectivity index (χ2n) is 5.84. The van der Waals surface area contributed by atoms with Gasteiger partial charge in [-0.1, -0.05) is 16.6 Å². The highest BCUT2D eigenvalue weighted by Crippen LogP contribution is 2.27. The van der Waals surface area contributed by atoms with E-state index in [-0.39, 0.29) is 17.6 Å². The van der Waals surface area contributed by atoms with Crippen LogP contribution < -0.4 is 4.74 Å². The Kier molecular flexibility index (Phi) is 4.89. The number of methoxy groups -OCH3 is 1. The zero-order chi connectivity index (χ0) is 17.1. The van der Waals surface area contributed by atoms with Gasteiger partial charge >= 0.3 is 0 Å². The van der Waals surface area contributed by atoms with Crippen LogP contribution in [0.15, 0.2) is 24.3 Å². The van der Waals surface area contributed by atoms with Crippen LogP contribution in [0.5, 0.6) is 5.75 Å². The zero-order valence-electron chi connectivity index (χ0n) is 13.7. The lowest BCUT2D eigenvalue weighted by Gasteiger charge is -2.32. The smallest absolute Gasteiger partial charge is 0.267 e. The van der Waals surface area contributed by atoms with Gasteiger partial charge in [-0.05, 0) is 43.4 Å². The molecule has 1 aromatic heterocycles. The molecule has 0 N–H and O–H groups in total. The van der Waals surface area contributed by atoms with Crippen LogP contribution in [-0.2, 0) is 0 Å². The summed E-state index contributed by atoms with van der Waals surface area (Å²) in [5.74, 6) is 0.317. The van der Waals surface area contributed by atoms with E-state index in [1.165, 1.54) is 0 Å². The molecule has 0 spiro atoms. The predicted octanol–water partition coefficient (Wildman–Crippen LogP) is 2.59. The molecule has 2 aromatic rings. The highest BCUT2D eigenvalue weighted by atomic mass is 32.1. The van der Waals surface area contributed by atoms with E-state index in [0.29, 0.717) is 35.0 Å². The molecule has 0 aliphatic carbocycles. The molecular weight excluding hydrogens is 326 g/mol. The monoisotopic (exact) mass is 345 g/mol. The molecule has 0 radical (unpaired) electrons. The van der Waals surface area contributed by atoms with Crippen LogP contribution in [0.1, 0.15) is 38.6 Å². The van der Waals surface area contributed by atoms with Crippen molar-refractivity contribution in [2.75, 3.05) is 20.2 Å². The molecule has 3 rings (SSSR count). The van der Waals surface area contributed by atoms with E-state index in [9.17, 15) is 9.59 Å². The van der Waals surface area contributed by atoms with Crippen LogP contribution in [0.25, 0.3) is 0 Å². The minimum atomic E-state index is -0.208. The molecule has 1 fully saturated rings. The predicted molar refractivity (Wildman–Crippen MR) is 90.6 cm³/mol. The minimum Gasteiger partial charge on any atom is -0.496 e. The summed E-state index contributed by atoms with van der Waals surface area (Å²) in [5.41, 5.74) is 1.22. The average molecular weight is 345 g/mol. The Morgan fingerprint density at radius 2 is 2.12 bits per heavy atom. The largest absolute Gasteiger partial charge is 0.496 e. The number of benzene rings is 1. The number of ketones is 1. The number of nitrogens with zero attached hydrogens (tertiary/aromatic N) is 3. The van der Waals surface area contributed by atoms with Gasteiger partial charge in [-0.2, -0.15) is 0 Å². The van der Waals surface area contributed by atoms with Crippen molar-refractivity contribution in [1.82, 2.24) is 14.5 Å². The molecule has 0 unspecified atom stereocenters. The third-order valence-corrected chi connectivity index (χ3v) is 5.11. The second kappa shape index (κ2) is 7.09. The number of aryl methyl sites for hydroxylation is 1. The SMILES string of the molecule is COc1ccccc1C(=O)[C@@H]1CCCN(C(=O)c2snnc2C)C1. The van der Waals surface area contributed by atoms with Crippen molar-refractivity contribution in [2.24, 2.45) is 5.92 Å². The molecule has 1 amide bonds. The summed E-state index contributed by atoms with van der Waals surface area (Å²) in [6.45, 7) is 2.86. The van der Waals surface area contributed by atoms with Gasteiger partial charge in [-0.3, -0.25) is 9.59 Å². The number of ether oxygens (including phenoxy) is 1. The summed E-state index contributed by atoms with van der Waals surface area (Å²) < 4.78 is 9.11. The maximum atomic E-state index is 12.9. The Morgan fingerprint density at radius 3 is 2.83 bits per heavy atom. The van der Waals surface area contributed by atoms with Gasteiger partial charge in [0.05, 0.1) is 18.4 Å². The normalized spacial score (nSPS) is 17.6. The lowest BCUT2D eigenvalue weighted by Crippen LogP contribution is -2.42. The number of Topliss-reactive ketones (excluding diaryl/α,β-unsaturated/α-hetero) is 1. The number of carbonyl (C=O) groups is 2. The van der Waals surface area contributed by atoms with Gasteiger partial charge in [-0.15, -0.1) is 5.10 Å². The highest BCUT2D eigenvalue weighted by Gasteiger charge is 2.31. The molecular formula is C17H19N3O3S.